The van der Waals surface area contributed by atoms with E-state index >= 15 is 0 Å². The van der Waals surface area contributed by atoms with Crippen molar-refractivity contribution in [2.75, 3.05) is 11.9 Å². The van der Waals surface area contributed by atoms with Crippen LogP contribution in [0.2, 0.25) is 0 Å². The van der Waals surface area contributed by atoms with Gasteiger partial charge in [0, 0.05) is 15.7 Å². The Kier molecular flexibility index (Phi) is 5.62. The van der Waals surface area contributed by atoms with E-state index in [-0.39, 0.29) is 11.4 Å². The van der Waals surface area contributed by atoms with Crippen molar-refractivity contribution in [3.8, 4) is 5.75 Å². The molecule has 0 bridgehead atoms. The van der Waals surface area contributed by atoms with E-state index in [4.69, 9.17) is 0 Å². The van der Waals surface area contributed by atoms with E-state index in [0.29, 0.717) is 20.2 Å². The van der Waals surface area contributed by atoms with Crippen molar-refractivity contribution in [2.24, 2.45) is 0 Å². The molecule has 1 heterocycles. The number of nitrogens with zero attached hydrogens (tertiary/aromatic N) is 1. The second kappa shape index (κ2) is 7.93. The van der Waals surface area contributed by atoms with Gasteiger partial charge in [-0.25, -0.2) is 9.69 Å². The first-order valence-electron chi connectivity index (χ1n) is 7.72. The van der Waals surface area contributed by atoms with E-state index in [1.807, 2.05) is 0 Å². The number of phenolic OH excluding ortho intramolecular Hbond substituents is 1. The zero-order chi connectivity index (χ0) is 19.6. The number of anilines is 1. The van der Waals surface area contributed by atoms with Gasteiger partial charge in [-0.1, -0.05) is 34.1 Å². The molecule has 0 saturated carbocycles. The van der Waals surface area contributed by atoms with Crippen molar-refractivity contribution in [1.29, 1.82) is 0 Å². The lowest BCUT2D eigenvalue weighted by molar-refractivity contribution is -0.127. The first kappa shape index (κ1) is 19.1. The number of imide groups is 1. The first-order chi connectivity index (χ1) is 12.8. The van der Waals surface area contributed by atoms with Crippen molar-refractivity contribution >= 4 is 61.5 Å². The van der Waals surface area contributed by atoms with Crippen LogP contribution in [-0.4, -0.2) is 34.4 Å². The van der Waals surface area contributed by atoms with E-state index in [1.54, 1.807) is 42.5 Å². The van der Waals surface area contributed by atoms with Crippen LogP contribution in [0.3, 0.4) is 0 Å². The molecule has 1 aliphatic rings. The van der Waals surface area contributed by atoms with E-state index in [2.05, 4.69) is 42.5 Å². The Hall–Kier alpha value is -2.65. The first-order valence-corrected chi connectivity index (χ1v) is 9.31. The number of carbonyl (C=O) groups excluding carboxylic acids is 3. The molecule has 1 fully saturated rings. The van der Waals surface area contributed by atoms with Crippen molar-refractivity contribution in [3.05, 3.63) is 62.7 Å². The monoisotopic (exact) mass is 493 g/mol. The summed E-state index contributed by atoms with van der Waals surface area (Å²) in [5.74, 6) is -1.23. The number of phenols is 1. The molecule has 0 spiro atoms. The molecule has 0 aromatic heterocycles. The van der Waals surface area contributed by atoms with Crippen LogP contribution in [-0.2, 0) is 9.59 Å². The number of carbonyl (C=O) groups is 3. The smallest absolute Gasteiger partial charge is 0.329 e. The molecule has 27 heavy (non-hydrogen) atoms. The van der Waals surface area contributed by atoms with Crippen LogP contribution in [0.1, 0.15) is 5.56 Å². The number of para-hydroxylation sites is 1. The van der Waals surface area contributed by atoms with Crippen molar-refractivity contribution in [2.45, 2.75) is 0 Å². The maximum atomic E-state index is 12.5. The van der Waals surface area contributed by atoms with Gasteiger partial charge in [0.15, 0.2) is 0 Å². The third kappa shape index (κ3) is 4.37. The van der Waals surface area contributed by atoms with Crippen LogP contribution in [0.15, 0.2) is 57.1 Å². The molecule has 4 amide bonds. The average Bonchev–Trinajstić information content (AvgIpc) is 2.87. The highest BCUT2D eigenvalue weighted by Gasteiger charge is 2.35. The molecule has 3 rings (SSSR count). The highest BCUT2D eigenvalue weighted by Crippen LogP contribution is 2.33. The number of hydrogen-bond donors (Lipinski definition) is 3. The highest BCUT2D eigenvalue weighted by molar-refractivity contribution is 9.11. The highest BCUT2D eigenvalue weighted by atomic mass is 79.9. The van der Waals surface area contributed by atoms with Crippen LogP contribution in [0.5, 0.6) is 5.75 Å². The summed E-state index contributed by atoms with van der Waals surface area (Å²) in [4.78, 5) is 37.5. The van der Waals surface area contributed by atoms with Crippen molar-refractivity contribution in [3.63, 3.8) is 0 Å². The van der Waals surface area contributed by atoms with Crippen LogP contribution in [0.25, 0.3) is 6.08 Å². The van der Waals surface area contributed by atoms with Gasteiger partial charge in [0.05, 0.1) is 4.47 Å². The standard InChI is InChI=1S/C18H13Br2N3O4/c19-11-6-10(16(25)13(20)8-11)7-14-17(26)23(18(27)22-14)9-15(24)21-12-4-2-1-3-5-12/h1-8,25H,9H2,(H,21,24)(H,22,27)/b14-7-. The summed E-state index contributed by atoms with van der Waals surface area (Å²) in [5, 5.41) is 15.1. The number of hydrogen-bond acceptors (Lipinski definition) is 4. The summed E-state index contributed by atoms with van der Waals surface area (Å²) in [5.41, 5.74) is 0.859. The molecule has 0 atom stereocenters. The topological polar surface area (TPSA) is 98.7 Å². The Balaban J connectivity index is 1.76. The summed E-state index contributed by atoms with van der Waals surface area (Å²) < 4.78 is 1.11. The molecule has 9 heteroatoms. The predicted octanol–water partition coefficient (Wildman–Crippen LogP) is 3.45. The van der Waals surface area contributed by atoms with E-state index in [0.717, 1.165) is 4.90 Å². The lowest BCUT2D eigenvalue weighted by atomic mass is 10.1. The summed E-state index contributed by atoms with van der Waals surface area (Å²) in [6, 6.07) is 11.2. The Bertz CT molecular complexity index is 961. The Labute approximate surface area is 171 Å². The minimum atomic E-state index is -0.706. The maximum Gasteiger partial charge on any atom is 0.329 e. The molecule has 0 unspecified atom stereocenters. The number of amides is 4. The van der Waals surface area contributed by atoms with Crippen LogP contribution >= 0.6 is 31.9 Å². The number of halogens is 2. The van der Waals surface area contributed by atoms with Gasteiger partial charge < -0.3 is 15.7 Å². The number of nitrogens with one attached hydrogen (secondary N) is 2. The lowest BCUT2D eigenvalue weighted by Gasteiger charge is -2.11. The second-order valence-corrected chi connectivity index (χ2v) is 7.39. The fourth-order valence-corrected chi connectivity index (χ4v) is 3.69. The average molecular weight is 495 g/mol. The lowest BCUT2D eigenvalue weighted by Crippen LogP contribution is -2.38. The van der Waals surface area contributed by atoms with Crippen LogP contribution in [0.4, 0.5) is 10.5 Å². The molecular weight excluding hydrogens is 482 g/mol. The molecule has 0 radical (unpaired) electrons. The zero-order valence-electron chi connectivity index (χ0n) is 13.7. The SMILES string of the molecule is O=C(CN1C(=O)N/C(=C\c2cc(Br)cc(Br)c2O)C1=O)Nc1ccccc1. The van der Waals surface area contributed by atoms with E-state index in [9.17, 15) is 19.5 Å². The van der Waals surface area contributed by atoms with Gasteiger partial charge >= 0.3 is 6.03 Å². The zero-order valence-corrected chi connectivity index (χ0v) is 16.9. The van der Waals surface area contributed by atoms with Gasteiger partial charge in [0.25, 0.3) is 5.91 Å². The number of urea groups is 1. The molecule has 3 N–H and O–H groups in total. The summed E-state index contributed by atoms with van der Waals surface area (Å²) in [7, 11) is 0. The van der Waals surface area contributed by atoms with Crippen LogP contribution in [0, 0.1) is 0 Å². The Morgan fingerprint density at radius 2 is 1.89 bits per heavy atom. The van der Waals surface area contributed by atoms with Gasteiger partial charge in [0.1, 0.15) is 18.0 Å². The fourth-order valence-electron chi connectivity index (χ4n) is 2.43. The summed E-state index contributed by atoms with van der Waals surface area (Å²) in [6.45, 7) is -0.426. The molecule has 1 saturated heterocycles. The molecule has 0 aliphatic carbocycles. The third-order valence-corrected chi connectivity index (χ3v) is 4.74. The molecule has 2 aromatic carbocycles. The maximum absolute atomic E-state index is 12.5. The van der Waals surface area contributed by atoms with E-state index < -0.39 is 24.4 Å². The van der Waals surface area contributed by atoms with Crippen molar-refractivity contribution < 1.29 is 19.5 Å². The number of rotatable bonds is 4. The van der Waals surface area contributed by atoms with Gasteiger partial charge in [-0.15, -0.1) is 0 Å². The fraction of sp³-hybridized carbons (Fsp3) is 0.0556. The largest absolute Gasteiger partial charge is 0.506 e. The molecular formula is C18H13Br2N3O4. The normalized spacial score (nSPS) is 15.2. The Morgan fingerprint density at radius 1 is 1.19 bits per heavy atom. The molecule has 7 nitrogen and oxygen atoms in total. The third-order valence-electron chi connectivity index (χ3n) is 3.68. The Morgan fingerprint density at radius 3 is 2.59 bits per heavy atom. The summed E-state index contributed by atoms with van der Waals surface area (Å²) >= 11 is 6.50. The van der Waals surface area contributed by atoms with Gasteiger partial charge in [-0.2, -0.15) is 0 Å². The van der Waals surface area contributed by atoms with Crippen molar-refractivity contribution in [1.82, 2.24) is 10.2 Å². The number of aromatic hydroxyl groups is 1. The van der Waals surface area contributed by atoms with Gasteiger partial charge in [-0.05, 0) is 46.3 Å². The quantitative estimate of drug-likeness (QED) is 0.447. The second-order valence-electron chi connectivity index (χ2n) is 5.62. The number of benzene rings is 2. The van der Waals surface area contributed by atoms with Gasteiger partial charge in [0.2, 0.25) is 5.91 Å². The van der Waals surface area contributed by atoms with Gasteiger partial charge in [-0.3, -0.25) is 9.59 Å². The van der Waals surface area contributed by atoms with Crippen LogP contribution < -0.4 is 10.6 Å². The minimum absolute atomic E-state index is 0.0344. The molecule has 138 valence electrons. The molecule has 1 aliphatic heterocycles. The van der Waals surface area contributed by atoms with E-state index in [1.165, 1.54) is 6.08 Å². The minimum Gasteiger partial charge on any atom is -0.506 e. The summed E-state index contributed by atoms with van der Waals surface area (Å²) in [6.07, 6.45) is 1.35. The predicted molar refractivity (Wildman–Crippen MR) is 107 cm³/mol. The molecule has 2 aromatic rings.